The highest BCUT2D eigenvalue weighted by molar-refractivity contribution is 8.01. The Morgan fingerprint density at radius 1 is 1.07 bits per heavy atom. The van der Waals surface area contributed by atoms with E-state index < -0.39 is 11.7 Å². The summed E-state index contributed by atoms with van der Waals surface area (Å²) in [6.45, 7) is 1.97. The number of benzene rings is 2. The van der Waals surface area contributed by atoms with Gasteiger partial charge in [0, 0.05) is 5.69 Å². The summed E-state index contributed by atoms with van der Waals surface area (Å²) in [6.07, 6.45) is 0. The second kappa shape index (κ2) is 8.74. The predicted octanol–water partition coefficient (Wildman–Crippen LogP) is 3.97. The van der Waals surface area contributed by atoms with Gasteiger partial charge in [-0.1, -0.05) is 52.9 Å². The molecule has 0 fully saturated rings. The second-order valence-corrected chi connectivity index (χ2v) is 7.71. The third-order valence-electron chi connectivity index (χ3n) is 3.41. The van der Waals surface area contributed by atoms with Crippen molar-refractivity contribution in [2.75, 3.05) is 16.4 Å². The minimum atomic E-state index is -0.609. The van der Waals surface area contributed by atoms with Crippen molar-refractivity contribution in [3.8, 4) is 0 Å². The summed E-state index contributed by atoms with van der Waals surface area (Å²) >= 11 is 2.32. The molecule has 2 amide bonds. The van der Waals surface area contributed by atoms with E-state index in [2.05, 4.69) is 20.8 Å². The molecule has 2 N–H and O–H groups in total. The second-order valence-electron chi connectivity index (χ2n) is 5.51. The zero-order valence-electron chi connectivity index (χ0n) is 14.2. The maximum absolute atomic E-state index is 13.6. The maximum Gasteiger partial charge on any atom is 0.260 e. The number of aryl methyl sites for hydroxylation is 1. The first-order chi connectivity index (χ1) is 13.0. The van der Waals surface area contributed by atoms with E-state index >= 15 is 0 Å². The Kier molecular flexibility index (Phi) is 6.15. The van der Waals surface area contributed by atoms with Crippen LogP contribution in [0.3, 0.4) is 0 Å². The quantitative estimate of drug-likeness (QED) is 0.481. The predicted molar refractivity (Wildman–Crippen MR) is 105 cm³/mol. The molecule has 0 radical (unpaired) electrons. The van der Waals surface area contributed by atoms with Crippen molar-refractivity contribution in [2.24, 2.45) is 0 Å². The SMILES string of the molecule is Cc1ccc(NC(=O)CSc2nnc(NC(=O)c3ccccc3F)s2)cc1. The number of carbonyl (C=O) groups excluding carboxylic acids is 2. The maximum atomic E-state index is 13.6. The summed E-state index contributed by atoms with van der Waals surface area (Å²) in [5.41, 5.74) is 1.77. The van der Waals surface area contributed by atoms with Crippen molar-refractivity contribution in [2.45, 2.75) is 11.3 Å². The molecule has 0 spiro atoms. The summed E-state index contributed by atoms with van der Waals surface area (Å²) in [4.78, 5) is 24.0. The number of hydrogen-bond donors (Lipinski definition) is 2. The van der Waals surface area contributed by atoms with E-state index in [9.17, 15) is 14.0 Å². The van der Waals surface area contributed by atoms with Crippen LogP contribution in [0, 0.1) is 12.7 Å². The molecule has 0 saturated heterocycles. The summed E-state index contributed by atoms with van der Waals surface area (Å²) in [6, 6.07) is 13.2. The van der Waals surface area contributed by atoms with Gasteiger partial charge < -0.3 is 5.32 Å². The van der Waals surface area contributed by atoms with E-state index in [1.54, 1.807) is 6.07 Å². The van der Waals surface area contributed by atoms with Gasteiger partial charge in [0.2, 0.25) is 11.0 Å². The summed E-state index contributed by atoms with van der Waals surface area (Å²) in [5.74, 6) is -1.22. The molecule has 1 aromatic heterocycles. The Morgan fingerprint density at radius 3 is 2.56 bits per heavy atom. The minimum absolute atomic E-state index is 0.0700. The number of thioether (sulfide) groups is 1. The average molecular weight is 402 g/mol. The number of nitrogens with one attached hydrogen (secondary N) is 2. The van der Waals surface area contributed by atoms with Crippen LogP contribution < -0.4 is 10.6 Å². The molecule has 2 aromatic carbocycles. The molecular formula is C18H15FN4O2S2. The molecule has 0 aliphatic heterocycles. The van der Waals surface area contributed by atoms with Crippen molar-refractivity contribution in [1.29, 1.82) is 0 Å². The molecule has 27 heavy (non-hydrogen) atoms. The van der Waals surface area contributed by atoms with E-state index in [0.29, 0.717) is 4.34 Å². The summed E-state index contributed by atoms with van der Waals surface area (Å²) in [7, 11) is 0. The molecule has 3 aromatic rings. The number of hydrogen-bond acceptors (Lipinski definition) is 6. The fourth-order valence-electron chi connectivity index (χ4n) is 2.09. The monoisotopic (exact) mass is 402 g/mol. The molecule has 0 saturated carbocycles. The molecule has 0 aliphatic carbocycles. The standard InChI is InChI=1S/C18H15FN4O2S2/c1-11-6-8-12(9-7-11)20-15(24)10-26-18-23-22-17(27-18)21-16(25)13-4-2-3-5-14(13)19/h2-9H,10H2,1H3,(H,20,24)(H,21,22,25). The van der Waals surface area contributed by atoms with Crippen LogP contribution >= 0.6 is 23.1 Å². The largest absolute Gasteiger partial charge is 0.325 e. The third-order valence-corrected chi connectivity index (χ3v) is 5.38. The zero-order valence-corrected chi connectivity index (χ0v) is 15.9. The number of rotatable bonds is 6. The number of halogens is 1. The molecule has 0 unspecified atom stereocenters. The van der Waals surface area contributed by atoms with Gasteiger partial charge in [-0.3, -0.25) is 14.9 Å². The molecule has 138 valence electrons. The van der Waals surface area contributed by atoms with Crippen molar-refractivity contribution in [3.05, 3.63) is 65.5 Å². The molecule has 3 rings (SSSR count). The number of amides is 2. The van der Waals surface area contributed by atoms with E-state index in [0.717, 1.165) is 22.6 Å². The highest BCUT2D eigenvalue weighted by Gasteiger charge is 2.14. The summed E-state index contributed by atoms with van der Waals surface area (Å²) in [5, 5.41) is 13.3. The first-order valence-electron chi connectivity index (χ1n) is 7.90. The van der Waals surface area contributed by atoms with E-state index in [-0.39, 0.29) is 22.4 Å². The molecular weight excluding hydrogens is 387 g/mol. The van der Waals surface area contributed by atoms with Crippen LogP contribution in [0.1, 0.15) is 15.9 Å². The molecule has 0 aliphatic rings. The van der Waals surface area contributed by atoms with Gasteiger partial charge in [-0.25, -0.2) is 4.39 Å². The van der Waals surface area contributed by atoms with Crippen LogP contribution in [0.2, 0.25) is 0 Å². The smallest absolute Gasteiger partial charge is 0.260 e. The molecule has 1 heterocycles. The van der Waals surface area contributed by atoms with E-state index in [4.69, 9.17) is 0 Å². The Morgan fingerprint density at radius 2 is 1.81 bits per heavy atom. The normalized spacial score (nSPS) is 10.4. The highest BCUT2D eigenvalue weighted by atomic mass is 32.2. The fraction of sp³-hybridized carbons (Fsp3) is 0.111. The molecule has 0 atom stereocenters. The van der Waals surface area contributed by atoms with E-state index in [1.807, 2.05) is 31.2 Å². The average Bonchev–Trinajstić information content (AvgIpc) is 3.09. The van der Waals surface area contributed by atoms with Gasteiger partial charge in [0.05, 0.1) is 11.3 Å². The zero-order chi connectivity index (χ0) is 19.2. The lowest BCUT2D eigenvalue weighted by molar-refractivity contribution is -0.113. The fourth-order valence-corrected chi connectivity index (χ4v) is 3.64. The lowest BCUT2D eigenvalue weighted by Gasteiger charge is -2.04. The van der Waals surface area contributed by atoms with Crippen molar-refractivity contribution < 1.29 is 14.0 Å². The van der Waals surface area contributed by atoms with Gasteiger partial charge in [-0.05, 0) is 31.2 Å². The third kappa shape index (κ3) is 5.35. The topological polar surface area (TPSA) is 84.0 Å². The van der Waals surface area contributed by atoms with Crippen molar-refractivity contribution in [1.82, 2.24) is 10.2 Å². The van der Waals surface area contributed by atoms with Gasteiger partial charge in [0.15, 0.2) is 4.34 Å². The highest BCUT2D eigenvalue weighted by Crippen LogP contribution is 2.26. The van der Waals surface area contributed by atoms with Gasteiger partial charge in [0.1, 0.15) is 5.82 Å². The van der Waals surface area contributed by atoms with Crippen LogP contribution in [0.25, 0.3) is 0 Å². The Hall–Kier alpha value is -2.78. The first-order valence-corrected chi connectivity index (χ1v) is 9.70. The number of carbonyl (C=O) groups is 2. The van der Waals surface area contributed by atoms with Crippen molar-refractivity contribution >= 4 is 45.7 Å². The lowest BCUT2D eigenvalue weighted by Crippen LogP contribution is -2.13. The van der Waals surface area contributed by atoms with Gasteiger partial charge >= 0.3 is 0 Å². The number of aromatic nitrogens is 2. The minimum Gasteiger partial charge on any atom is -0.325 e. The first kappa shape index (κ1) is 19.0. The van der Waals surface area contributed by atoms with Crippen LogP contribution in [0.4, 0.5) is 15.2 Å². The van der Waals surface area contributed by atoms with E-state index in [1.165, 1.54) is 30.0 Å². The van der Waals surface area contributed by atoms with Gasteiger partial charge in [-0.15, -0.1) is 10.2 Å². The van der Waals surface area contributed by atoms with Crippen LogP contribution in [-0.4, -0.2) is 27.8 Å². The van der Waals surface area contributed by atoms with Crippen LogP contribution in [0.15, 0.2) is 52.9 Å². The molecule has 6 nitrogen and oxygen atoms in total. The van der Waals surface area contributed by atoms with Gasteiger partial charge in [-0.2, -0.15) is 0 Å². The molecule has 9 heteroatoms. The Bertz CT molecular complexity index is 960. The van der Waals surface area contributed by atoms with Crippen LogP contribution in [0.5, 0.6) is 0 Å². The van der Waals surface area contributed by atoms with Crippen molar-refractivity contribution in [3.63, 3.8) is 0 Å². The number of nitrogens with zero attached hydrogens (tertiary/aromatic N) is 2. The Labute approximate surface area is 163 Å². The lowest BCUT2D eigenvalue weighted by atomic mass is 10.2. The number of anilines is 2. The Balaban J connectivity index is 1.52. The summed E-state index contributed by atoms with van der Waals surface area (Å²) < 4.78 is 14.1. The van der Waals surface area contributed by atoms with Gasteiger partial charge in [0.25, 0.3) is 5.91 Å². The molecule has 0 bridgehead atoms. The van der Waals surface area contributed by atoms with Crippen LogP contribution in [-0.2, 0) is 4.79 Å².